The van der Waals surface area contributed by atoms with Crippen LogP contribution in [-0.2, 0) is 0 Å². The Morgan fingerprint density at radius 3 is 1.86 bits per heavy atom. The van der Waals surface area contributed by atoms with Crippen LogP contribution in [0.25, 0.3) is 0 Å². The first-order valence-electron chi connectivity index (χ1n) is 7.80. The molecule has 0 unspecified atom stereocenters. The van der Waals surface area contributed by atoms with Crippen molar-refractivity contribution >= 4 is 29.0 Å². The third kappa shape index (κ3) is 5.93. The first kappa shape index (κ1) is 19.6. The maximum atomic E-state index is 12.6. The van der Waals surface area contributed by atoms with E-state index in [1.807, 2.05) is 5.38 Å². The van der Waals surface area contributed by atoms with Crippen LogP contribution in [0, 0.1) is 11.6 Å². The Labute approximate surface area is 166 Å². The van der Waals surface area contributed by atoms with E-state index < -0.39 is 0 Å². The van der Waals surface area contributed by atoms with Crippen molar-refractivity contribution < 1.29 is 23.0 Å². The molecule has 2 aromatic heterocycles. The van der Waals surface area contributed by atoms with Crippen molar-refractivity contribution in [1.82, 2.24) is 9.97 Å². The number of thiazole rings is 2. The second-order valence-electron chi connectivity index (χ2n) is 5.06. The molecule has 0 amide bonds. The zero-order chi connectivity index (χ0) is 19.8. The van der Waals surface area contributed by atoms with Crippen LogP contribution in [0.5, 0.6) is 21.9 Å². The second kappa shape index (κ2) is 9.67. The highest BCUT2D eigenvalue weighted by atomic mass is 32.1. The number of hydrogen-bond acceptors (Lipinski definition) is 7. The zero-order valence-electron chi connectivity index (χ0n) is 14.1. The lowest BCUT2D eigenvalue weighted by molar-refractivity contribution is 0.112. The van der Waals surface area contributed by atoms with Gasteiger partial charge in [-0.3, -0.25) is 4.79 Å². The Morgan fingerprint density at radius 1 is 0.821 bits per heavy atom. The quantitative estimate of drug-likeness (QED) is 0.374. The Bertz CT molecular complexity index is 1000. The van der Waals surface area contributed by atoms with Crippen LogP contribution >= 0.6 is 22.7 Å². The van der Waals surface area contributed by atoms with Crippen molar-refractivity contribution in [2.24, 2.45) is 0 Å². The van der Waals surface area contributed by atoms with Crippen molar-refractivity contribution in [3.8, 4) is 21.9 Å². The van der Waals surface area contributed by atoms with E-state index in [0.29, 0.717) is 33.0 Å². The molecule has 0 aliphatic carbocycles. The summed E-state index contributed by atoms with van der Waals surface area (Å²) in [5.41, 5.74) is 0. The summed E-state index contributed by atoms with van der Waals surface area (Å²) in [6, 6.07) is 11.4. The van der Waals surface area contributed by atoms with Gasteiger partial charge in [0.2, 0.25) is 0 Å². The molecular formula is C19H12F2N2O3S2. The summed E-state index contributed by atoms with van der Waals surface area (Å²) in [7, 11) is 0. The molecule has 0 saturated heterocycles. The summed E-state index contributed by atoms with van der Waals surface area (Å²) < 4.78 is 35.7. The summed E-state index contributed by atoms with van der Waals surface area (Å²) >= 11 is 2.53. The van der Waals surface area contributed by atoms with E-state index in [1.54, 1.807) is 18.3 Å². The first-order valence-corrected chi connectivity index (χ1v) is 9.49. The Balaban J connectivity index is 0.000000162. The molecule has 0 spiro atoms. The van der Waals surface area contributed by atoms with E-state index in [0.717, 1.165) is 11.3 Å². The van der Waals surface area contributed by atoms with Crippen LogP contribution in [0.4, 0.5) is 8.78 Å². The van der Waals surface area contributed by atoms with Gasteiger partial charge in [0.1, 0.15) is 23.1 Å². The van der Waals surface area contributed by atoms with Gasteiger partial charge in [0, 0.05) is 11.6 Å². The number of carbonyl (C=O) groups is 1. The highest BCUT2D eigenvalue weighted by Gasteiger charge is 2.03. The smallest absolute Gasteiger partial charge is 0.279 e. The molecule has 28 heavy (non-hydrogen) atoms. The number of benzene rings is 2. The van der Waals surface area contributed by atoms with Crippen molar-refractivity contribution in [3.05, 3.63) is 82.8 Å². The van der Waals surface area contributed by atoms with Crippen molar-refractivity contribution in [1.29, 1.82) is 0 Å². The molecule has 2 aromatic carbocycles. The maximum absolute atomic E-state index is 12.6. The molecule has 0 bridgehead atoms. The van der Waals surface area contributed by atoms with E-state index in [4.69, 9.17) is 9.47 Å². The number of aldehydes is 1. The molecule has 9 heteroatoms. The number of aromatic nitrogens is 2. The van der Waals surface area contributed by atoms with Crippen LogP contribution in [0.2, 0.25) is 0 Å². The van der Waals surface area contributed by atoms with Gasteiger partial charge in [-0.1, -0.05) is 22.7 Å². The molecule has 2 heterocycles. The van der Waals surface area contributed by atoms with Crippen molar-refractivity contribution in [2.75, 3.05) is 0 Å². The number of halogens is 2. The Hall–Kier alpha value is -3.17. The minimum Gasteiger partial charge on any atom is -0.431 e. The average Bonchev–Trinajstić information content (AvgIpc) is 3.38. The highest BCUT2D eigenvalue weighted by Crippen LogP contribution is 2.25. The summed E-state index contributed by atoms with van der Waals surface area (Å²) in [5, 5.41) is 2.74. The fourth-order valence-corrected chi connectivity index (χ4v) is 2.94. The van der Waals surface area contributed by atoms with Gasteiger partial charge in [-0.25, -0.2) is 18.7 Å². The third-order valence-corrected chi connectivity index (χ3v) is 4.51. The minimum atomic E-state index is -0.324. The van der Waals surface area contributed by atoms with Crippen LogP contribution in [0.3, 0.4) is 0 Å². The molecule has 0 saturated carbocycles. The second-order valence-corrected chi connectivity index (χ2v) is 6.94. The predicted octanol–water partition coefficient (Wildman–Crippen LogP) is 5.96. The SMILES string of the molecule is Fc1ccc(Oc2nccs2)cc1.O=Cc1cnc(Oc2ccc(F)cc2)s1. The molecule has 142 valence electrons. The van der Waals surface area contributed by atoms with Gasteiger partial charge in [-0.05, 0) is 48.5 Å². The average molecular weight is 418 g/mol. The summed E-state index contributed by atoms with van der Waals surface area (Å²) in [6.45, 7) is 0. The normalized spacial score (nSPS) is 9.93. The summed E-state index contributed by atoms with van der Waals surface area (Å²) in [6.07, 6.45) is 3.79. The number of rotatable bonds is 5. The standard InChI is InChI=1S/C10H6FNO2S.C9H6FNOS/c11-7-1-3-8(4-2-7)14-10-12-5-9(6-13)15-10;10-7-1-3-8(4-2-7)12-9-11-5-6-13-9/h1-6H;1-6H. The molecule has 0 N–H and O–H groups in total. The molecule has 4 rings (SSSR count). The van der Waals surface area contributed by atoms with Gasteiger partial charge in [0.25, 0.3) is 10.4 Å². The zero-order valence-corrected chi connectivity index (χ0v) is 15.8. The van der Waals surface area contributed by atoms with E-state index >= 15 is 0 Å². The predicted molar refractivity (Wildman–Crippen MR) is 103 cm³/mol. The lowest BCUT2D eigenvalue weighted by Gasteiger charge is -1.99. The summed E-state index contributed by atoms with van der Waals surface area (Å²) in [4.78, 5) is 18.7. The topological polar surface area (TPSA) is 61.3 Å². The number of ether oxygens (including phenoxy) is 2. The van der Waals surface area contributed by atoms with E-state index in [2.05, 4.69) is 9.97 Å². The molecule has 0 aliphatic rings. The highest BCUT2D eigenvalue weighted by molar-refractivity contribution is 7.15. The molecule has 0 aliphatic heterocycles. The van der Waals surface area contributed by atoms with Crippen LogP contribution in [0.15, 0.2) is 66.3 Å². The molecule has 5 nitrogen and oxygen atoms in total. The van der Waals surface area contributed by atoms with Gasteiger partial charge >= 0.3 is 0 Å². The first-order chi connectivity index (χ1) is 13.6. The maximum Gasteiger partial charge on any atom is 0.279 e. The van der Waals surface area contributed by atoms with Crippen LogP contribution in [0.1, 0.15) is 9.67 Å². The van der Waals surface area contributed by atoms with Gasteiger partial charge in [0.05, 0.1) is 11.1 Å². The monoisotopic (exact) mass is 418 g/mol. The Morgan fingerprint density at radius 2 is 1.39 bits per heavy atom. The largest absolute Gasteiger partial charge is 0.431 e. The Kier molecular flexibility index (Phi) is 6.77. The molecule has 0 atom stereocenters. The lowest BCUT2D eigenvalue weighted by atomic mass is 10.3. The molecule has 0 fully saturated rings. The van der Waals surface area contributed by atoms with Gasteiger partial charge in [-0.15, -0.1) is 0 Å². The van der Waals surface area contributed by atoms with Crippen LogP contribution < -0.4 is 9.47 Å². The van der Waals surface area contributed by atoms with E-state index in [-0.39, 0.29) is 11.6 Å². The van der Waals surface area contributed by atoms with Crippen molar-refractivity contribution in [3.63, 3.8) is 0 Å². The number of nitrogens with zero attached hydrogens (tertiary/aromatic N) is 2. The van der Waals surface area contributed by atoms with Gasteiger partial charge in [0.15, 0.2) is 6.29 Å². The van der Waals surface area contributed by atoms with Crippen LogP contribution in [-0.4, -0.2) is 16.3 Å². The van der Waals surface area contributed by atoms with E-state index in [9.17, 15) is 13.6 Å². The molecule has 4 aromatic rings. The van der Waals surface area contributed by atoms with Gasteiger partial charge < -0.3 is 9.47 Å². The lowest BCUT2D eigenvalue weighted by Crippen LogP contribution is -1.82. The fraction of sp³-hybridized carbons (Fsp3) is 0. The third-order valence-electron chi connectivity index (χ3n) is 3.07. The molecular weight excluding hydrogens is 406 g/mol. The fourth-order valence-electron chi connectivity index (χ4n) is 1.84. The van der Waals surface area contributed by atoms with Gasteiger partial charge in [-0.2, -0.15) is 0 Å². The number of hydrogen-bond donors (Lipinski definition) is 0. The number of carbonyl (C=O) groups excluding carboxylic acids is 1. The minimum absolute atomic E-state index is 0.272. The molecule has 0 radical (unpaired) electrons. The van der Waals surface area contributed by atoms with Crippen molar-refractivity contribution in [2.45, 2.75) is 0 Å². The summed E-state index contributed by atoms with van der Waals surface area (Å²) in [5.74, 6) is 0.487. The van der Waals surface area contributed by atoms with E-state index in [1.165, 1.54) is 53.9 Å².